The second-order valence-corrected chi connectivity index (χ2v) is 6.43. The molecule has 0 amide bonds. The van der Waals surface area contributed by atoms with Crippen LogP contribution in [0.5, 0.6) is 5.75 Å². The van der Waals surface area contributed by atoms with Gasteiger partial charge in [-0.25, -0.2) is 4.79 Å². The fourth-order valence-electron chi connectivity index (χ4n) is 2.90. The predicted octanol–water partition coefficient (Wildman–Crippen LogP) is 2.97. The van der Waals surface area contributed by atoms with Crippen LogP contribution in [0.25, 0.3) is 22.2 Å². The van der Waals surface area contributed by atoms with Gasteiger partial charge in [-0.2, -0.15) is 0 Å². The Morgan fingerprint density at radius 3 is 2.28 bits per heavy atom. The van der Waals surface area contributed by atoms with Crippen molar-refractivity contribution in [3.05, 3.63) is 57.2 Å². The van der Waals surface area contributed by atoms with Gasteiger partial charge < -0.3 is 19.0 Å². The first kappa shape index (κ1) is 16.8. The quantitative estimate of drug-likeness (QED) is 0.793. The lowest BCUT2D eigenvalue weighted by Crippen LogP contribution is -2.24. The van der Waals surface area contributed by atoms with Gasteiger partial charge in [-0.05, 0) is 31.5 Å². The largest absolute Gasteiger partial charge is 0.507 e. The van der Waals surface area contributed by atoms with Crippen LogP contribution in [0.1, 0.15) is 19.9 Å². The van der Waals surface area contributed by atoms with Crippen LogP contribution in [0.2, 0.25) is 0 Å². The summed E-state index contributed by atoms with van der Waals surface area (Å²) in [5, 5.41) is 10.0. The molecule has 0 spiro atoms. The molecule has 130 valence electrons. The van der Waals surface area contributed by atoms with Gasteiger partial charge in [0.05, 0.1) is 11.8 Å². The highest BCUT2D eigenvalue weighted by molar-refractivity contribution is 5.85. The van der Waals surface area contributed by atoms with E-state index in [-0.39, 0.29) is 28.3 Å². The summed E-state index contributed by atoms with van der Waals surface area (Å²) in [5.74, 6) is -0.361. The Morgan fingerprint density at radius 2 is 1.72 bits per heavy atom. The first-order valence-electron chi connectivity index (χ1n) is 7.99. The van der Waals surface area contributed by atoms with Gasteiger partial charge in [0.1, 0.15) is 16.7 Å². The van der Waals surface area contributed by atoms with Crippen molar-refractivity contribution in [3.63, 3.8) is 0 Å². The normalized spacial score (nSPS) is 11.2. The molecule has 0 aliphatic carbocycles. The van der Waals surface area contributed by atoms with Crippen molar-refractivity contribution in [1.82, 2.24) is 4.57 Å². The van der Waals surface area contributed by atoms with Crippen LogP contribution in [-0.2, 0) is 0 Å². The molecule has 0 radical (unpaired) electrons. The Hall–Kier alpha value is -3.02. The number of hydrogen-bond donors (Lipinski definition) is 1. The third-order valence-electron chi connectivity index (χ3n) is 4.12. The van der Waals surface area contributed by atoms with Crippen molar-refractivity contribution in [2.75, 3.05) is 19.0 Å². The van der Waals surface area contributed by atoms with Gasteiger partial charge >= 0.3 is 5.63 Å². The molecule has 0 aliphatic heterocycles. The maximum absolute atomic E-state index is 12.9. The van der Waals surface area contributed by atoms with Crippen LogP contribution < -0.4 is 16.1 Å². The molecule has 1 aromatic carbocycles. The summed E-state index contributed by atoms with van der Waals surface area (Å²) in [6.07, 6.45) is 0. The van der Waals surface area contributed by atoms with Gasteiger partial charge in [0.2, 0.25) is 0 Å². The zero-order valence-electron chi connectivity index (χ0n) is 14.6. The van der Waals surface area contributed by atoms with E-state index in [0.29, 0.717) is 5.69 Å². The van der Waals surface area contributed by atoms with Crippen molar-refractivity contribution < 1.29 is 9.52 Å². The van der Waals surface area contributed by atoms with E-state index in [2.05, 4.69) is 0 Å². The molecule has 0 bridgehead atoms. The molecule has 0 saturated carbocycles. The maximum Gasteiger partial charge on any atom is 0.339 e. The molecule has 0 saturated heterocycles. The lowest BCUT2D eigenvalue weighted by molar-refractivity contribution is 0.465. The molecule has 3 rings (SSSR count). The van der Waals surface area contributed by atoms with Gasteiger partial charge in [0.15, 0.2) is 0 Å². The van der Waals surface area contributed by atoms with Crippen LogP contribution in [0.15, 0.2) is 50.4 Å². The first-order valence-corrected chi connectivity index (χ1v) is 7.99. The number of pyridine rings is 1. The minimum absolute atomic E-state index is 0.0157. The van der Waals surface area contributed by atoms with Crippen molar-refractivity contribution in [1.29, 1.82) is 0 Å². The van der Waals surface area contributed by atoms with Crippen LogP contribution in [-0.4, -0.2) is 23.8 Å². The fourth-order valence-corrected chi connectivity index (χ4v) is 2.90. The standard InChI is InChI=1S/C19H20N2O4/c1-11(2)21-14(12-5-7-13(8-6-12)20(3)4)9-16-18(19(21)24)15(22)10-17(23)25-16/h5-11,22H,1-4H3. The van der Waals surface area contributed by atoms with Crippen molar-refractivity contribution in [2.24, 2.45) is 0 Å². The van der Waals surface area contributed by atoms with E-state index in [9.17, 15) is 14.7 Å². The third kappa shape index (κ3) is 2.91. The second-order valence-electron chi connectivity index (χ2n) is 6.43. The number of anilines is 1. The summed E-state index contributed by atoms with van der Waals surface area (Å²) < 4.78 is 6.74. The number of aromatic hydroxyl groups is 1. The molecule has 1 N–H and O–H groups in total. The minimum Gasteiger partial charge on any atom is -0.507 e. The van der Waals surface area contributed by atoms with E-state index in [4.69, 9.17) is 4.42 Å². The average Bonchev–Trinajstić information content (AvgIpc) is 2.53. The van der Waals surface area contributed by atoms with E-state index >= 15 is 0 Å². The summed E-state index contributed by atoms with van der Waals surface area (Å²) in [7, 11) is 3.90. The number of nitrogens with zero attached hydrogens (tertiary/aromatic N) is 2. The maximum atomic E-state index is 12.9. The predicted molar refractivity (Wildman–Crippen MR) is 98.6 cm³/mol. The van der Waals surface area contributed by atoms with Crippen LogP contribution in [0.3, 0.4) is 0 Å². The second kappa shape index (κ2) is 6.12. The third-order valence-corrected chi connectivity index (χ3v) is 4.12. The zero-order chi connectivity index (χ0) is 18.3. The monoisotopic (exact) mass is 340 g/mol. The van der Waals surface area contributed by atoms with Gasteiger partial charge in [0, 0.05) is 31.9 Å². The highest BCUT2D eigenvalue weighted by atomic mass is 16.4. The molecule has 0 fully saturated rings. The summed E-state index contributed by atoms with van der Waals surface area (Å²) in [5.41, 5.74) is 1.49. The lowest BCUT2D eigenvalue weighted by atomic mass is 10.1. The number of rotatable bonds is 3. The summed E-state index contributed by atoms with van der Waals surface area (Å²) in [6.45, 7) is 3.78. The molecule has 6 nitrogen and oxygen atoms in total. The number of hydrogen-bond acceptors (Lipinski definition) is 5. The molecule has 2 aromatic heterocycles. The number of aromatic nitrogens is 1. The average molecular weight is 340 g/mol. The fraction of sp³-hybridized carbons (Fsp3) is 0.263. The molecule has 3 aromatic rings. The first-order chi connectivity index (χ1) is 11.8. The summed E-state index contributed by atoms with van der Waals surface area (Å²) in [6, 6.07) is 10.1. The molecule has 0 aliphatic rings. The topological polar surface area (TPSA) is 75.7 Å². The van der Waals surface area contributed by atoms with Crippen molar-refractivity contribution in [2.45, 2.75) is 19.9 Å². The SMILES string of the molecule is CC(C)n1c(-c2ccc(N(C)C)cc2)cc2oc(=O)cc(O)c2c1=O. The molecule has 2 heterocycles. The van der Waals surface area contributed by atoms with Gasteiger partial charge in [-0.3, -0.25) is 4.79 Å². The highest BCUT2D eigenvalue weighted by Gasteiger charge is 2.18. The van der Waals surface area contributed by atoms with Crippen LogP contribution >= 0.6 is 0 Å². The van der Waals surface area contributed by atoms with E-state index < -0.39 is 5.63 Å². The summed E-state index contributed by atoms with van der Waals surface area (Å²) in [4.78, 5) is 26.4. The van der Waals surface area contributed by atoms with E-state index in [1.807, 2.05) is 57.1 Å². The Labute approximate surface area is 144 Å². The van der Waals surface area contributed by atoms with Gasteiger partial charge in [-0.1, -0.05) is 12.1 Å². The minimum atomic E-state index is -0.694. The molecule has 6 heteroatoms. The lowest BCUT2D eigenvalue weighted by Gasteiger charge is -2.18. The Morgan fingerprint density at radius 1 is 1.08 bits per heavy atom. The van der Waals surface area contributed by atoms with Crippen LogP contribution in [0.4, 0.5) is 5.69 Å². The number of fused-ring (bicyclic) bond motifs is 1. The Bertz CT molecular complexity index is 1040. The molecule has 0 atom stereocenters. The van der Waals surface area contributed by atoms with Gasteiger partial charge in [0.25, 0.3) is 5.56 Å². The molecule has 0 unspecified atom stereocenters. The van der Waals surface area contributed by atoms with E-state index in [1.165, 1.54) is 0 Å². The van der Waals surface area contributed by atoms with E-state index in [1.54, 1.807) is 10.6 Å². The van der Waals surface area contributed by atoms with E-state index in [0.717, 1.165) is 17.3 Å². The zero-order valence-corrected chi connectivity index (χ0v) is 14.6. The molecular formula is C19H20N2O4. The van der Waals surface area contributed by atoms with Gasteiger partial charge in [-0.15, -0.1) is 0 Å². The smallest absolute Gasteiger partial charge is 0.339 e. The van der Waals surface area contributed by atoms with Crippen molar-refractivity contribution >= 4 is 16.7 Å². The molecular weight excluding hydrogens is 320 g/mol. The van der Waals surface area contributed by atoms with Crippen molar-refractivity contribution in [3.8, 4) is 17.0 Å². The molecule has 25 heavy (non-hydrogen) atoms. The van der Waals surface area contributed by atoms with Crippen LogP contribution in [0, 0.1) is 0 Å². The Balaban J connectivity index is 2.35. The number of benzene rings is 1. The Kier molecular flexibility index (Phi) is 4.12. The summed E-state index contributed by atoms with van der Waals surface area (Å²) >= 11 is 0. The highest BCUT2D eigenvalue weighted by Crippen LogP contribution is 2.28.